The van der Waals surface area contributed by atoms with Gasteiger partial charge in [-0.05, 0) is 49.8 Å². The Kier molecular flexibility index (Phi) is 5.68. The van der Waals surface area contributed by atoms with Gasteiger partial charge in [-0.25, -0.2) is 9.48 Å². The van der Waals surface area contributed by atoms with E-state index < -0.39 is 17.5 Å². The molecule has 0 saturated carbocycles. The predicted molar refractivity (Wildman–Crippen MR) is 92.0 cm³/mol. The van der Waals surface area contributed by atoms with E-state index in [2.05, 4.69) is 26.2 Å². The van der Waals surface area contributed by atoms with Crippen LogP contribution in [0.4, 0.5) is 10.5 Å². The van der Waals surface area contributed by atoms with E-state index in [1.165, 1.54) is 0 Å². The number of tetrazole rings is 1. The second kappa shape index (κ2) is 7.73. The smallest absolute Gasteiger partial charge is 0.319 e. The van der Waals surface area contributed by atoms with Crippen LogP contribution in [0.3, 0.4) is 0 Å². The fourth-order valence-electron chi connectivity index (χ4n) is 2.31. The van der Waals surface area contributed by atoms with Crippen LogP contribution in [0.1, 0.15) is 33.6 Å². The van der Waals surface area contributed by atoms with Gasteiger partial charge in [-0.3, -0.25) is 4.79 Å². The predicted octanol–water partition coefficient (Wildman–Crippen LogP) is 2.12. The zero-order valence-corrected chi connectivity index (χ0v) is 14.5. The third-order valence-electron chi connectivity index (χ3n) is 3.63. The summed E-state index contributed by atoms with van der Waals surface area (Å²) in [5.41, 5.74) is 0.747. The Morgan fingerprint density at radius 2 is 2.08 bits per heavy atom. The Bertz CT molecular complexity index is 756. The van der Waals surface area contributed by atoms with Crippen LogP contribution >= 0.6 is 0 Å². The first-order valence-corrected chi connectivity index (χ1v) is 7.98. The number of anilines is 1. The molecule has 134 valence electrons. The van der Waals surface area contributed by atoms with Gasteiger partial charge < -0.3 is 15.7 Å². The minimum absolute atomic E-state index is 0.0115. The van der Waals surface area contributed by atoms with Gasteiger partial charge >= 0.3 is 12.0 Å². The van der Waals surface area contributed by atoms with Crippen molar-refractivity contribution in [3.8, 4) is 11.4 Å². The molecule has 0 aliphatic heterocycles. The van der Waals surface area contributed by atoms with Gasteiger partial charge in [-0.2, -0.15) is 0 Å². The fraction of sp³-hybridized carbons (Fsp3) is 0.438. The van der Waals surface area contributed by atoms with E-state index in [-0.39, 0.29) is 6.42 Å². The molecular weight excluding hydrogens is 324 g/mol. The van der Waals surface area contributed by atoms with E-state index in [9.17, 15) is 9.59 Å². The van der Waals surface area contributed by atoms with Crippen molar-refractivity contribution in [2.45, 2.75) is 45.7 Å². The van der Waals surface area contributed by atoms with Crippen molar-refractivity contribution in [1.82, 2.24) is 25.5 Å². The van der Waals surface area contributed by atoms with Crippen LogP contribution in [0.2, 0.25) is 0 Å². The molecule has 0 fully saturated rings. The molecule has 0 atom stereocenters. The summed E-state index contributed by atoms with van der Waals surface area (Å²) in [6, 6.07) is 6.80. The summed E-state index contributed by atoms with van der Waals surface area (Å²) in [6.07, 6.45) is 0.323. The standard InChI is InChI=1S/C16H22N6O3/c1-4-22-14(19-20-21-22)11-6-5-7-12(10-11)17-15(25)18-16(2,3)9-8-13(23)24/h5-7,10H,4,8-9H2,1-3H3,(H,23,24)(H2,17,18,25). The zero-order chi connectivity index (χ0) is 18.4. The summed E-state index contributed by atoms with van der Waals surface area (Å²) in [6.45, 7) is 6.13. The molecule has 25 heavy (non-hydrogen) atoms. The Morgan fingerprint density at radius 1 is 1.32 bits per heavy atom. The van der Waals surface area contributed by atoms with Crippen molar-refractivity contribution in [1.29, 1.82) is 0 Å². The molecule has 1 heterocycles. The van der Waals surface area contributed by atoms with Gasteiger partial charge in [0.05, 0.1) is 0 Å². The number of urea groups is 1. The van der Waals surface area contributed by atoms with Crippen molar-refractivity contribution in [2.24, 2.45) is 0 Å². The summed E-state index contributed by atoms with van der Waals surface area (Å²) >= 11 is 0. The second-order valence-corrected chi connectivity index (χ2v) is 6.26. The van der Waals surface area contributed by atoms with E-state index in [0.29, 0.717) is 24.5 Å². The van der Waals surface area contributed by atoms with E-state index in [1.54, 1.807) is 36.7 Å². The van der Waals surface area contributed by atoms with Crippen LogP contribution in [-0.4, -0.2) is 42.9 Å². The Morgan fingerprint density at radius 3 is 2.76 bits per heavy atom. The summed E-state index contributed by atoms with van der Waals surface area (Å²) in [5, 5.41) is 25.8. The molecule has 0 aliphatic rings. The number of carbonyl (C=O) groups excluding carboxylic acids is 1. The van der Waals surface area contributed by atoms with Gasteiger partial charge in [-0.1, -0.05) is 12.1 Å². The molecule has 0 spiro atoms. The van der Waals surface area contributed by atoms with Gasteiger partial charge in [0.15, 0.2) is 5.82 Å². The van der Waals surface area contributed by atoms with Crippen molar-refractivity contribution < 1.29 is 14.7 Å². The maximum absolute atomic E-state index is 12.2. The number of carboxylic acid groups (broad SMARTS) is 1. The quantitative estimate of drug-likeness (QED) is 0.706. The molecule has 0 saturated heterocycles. The minimum Gasteiger partial charge on any atom is -0.481 e. The lowest BCUT2D eigenvalue weighted by atomic mass is 9.99. The molecular formula is C16H22N6O3. The first kappa shape index (κ1) is 18.4. The lowest BCUT2D eigenvalue weighted by Gasteiger charge is -2.25. The number of nitrogens with one attached hydrogen (secondary N) is 2. The van der Waals surface area contributed by atoms with E-state index >= 15 is 0 Å². The molecule has 9 nitrogen and oxygen atoms in total. The average molecular weight is 346 g/mol. The zero-order valence-electron chi connectivity index (χ0n) is 14.5. The molecule has 2 aromatic rings. The molecule has 0 unspecified atom stereocenters. The number of rotatable bonds is 7. The highest BCUT2D eigenvalue weighted by molar-refractivity contribution is 5.90. The van der Waals surface area contributed by atoms with Crippen LogP contribution in [0.5, 0.6) is 0 Å². The SMILES string of the molecule is CCn1nnnc1-c1cccc(NC(=O)NC(C)(C)CCC(=O)O)c1. The van der Waals surface area contributed by atoms with Gasteiger partial charge in [0.2, 0.25) is 0 Å². The Labute approximate surface area is 145 Å². The number of nitrogens with zero attached hydrogens (tertiary/aromatic N) is 4. The van der Waals surface area contributed by atoms with E-state index in [4.69, 9.17) is 5.11 Å². The molecule has 2 amide bonds. The van der Waals surface area contributed by atoms with Crippen molar-refractivity contribution in [3.63, 3.8) is 0 Å². The van der Waals surface area contributed by atoms with Crippen LogP contribution in [-0.2, 0) is 11.3 Å². The third-order valence-corrected chi connectivity index (χ3v) is 3.63. The first-order chi connectivity index (χ1) is 11.8. The topological polar surface area (TPSA) is 122 Å². The molecule has 0 aliphatic carbocycles. The average Bonchev–Trinajstić information content (AvgIpc) is 3.01. The highest BCUT2D eigenvalue weighted by atomic mass is 16.4. The summed E-state index contributed by atoms with van der Waals surface area (Å²) in [7, 11) is 0. The summed E-state index contributed by atoms with van der Waals surface area (Å²) in [5.74, 6) is -0.273. The van der Waals surface area contributed by atoms with E-state index in [1.807, 2.05) is 13.0 Å². The lowest BCUT2D eigenvalue weighted by molar-refractivity contribution is -0.137. The number of aliphatic carboxylic acids is 1. The molecule has 0 bridgehead atoms. The van der Waals surface area contributed by atoms with Crippen LogP contribution in [0.15, 0.2) is 24.3 Å². The van der Waals surface area contributed by atoms with Gasteiger partial charge in [-0.15, -0.1) is 5.10 Å². The van der Waals surface area contributed by atoms with Crippen molar-refractivity contribution in [3.05, 3.63) is 24.3 Å². The van der Waals surface area contributed by atoms with Gasteiger partial charge in [0.1, 0.15) is 0 Å². The number of carbonyl (C=O) groups is 2. The maximum atomic E-state index is 12.2. The largest absolute Gasteiger partial charge is 0.481 e. The van der Waals surface area contributed by atoms with Crippen molar-refractivity contribution in [2.75, 3.05) is 5.32 Å². The maximum Gasteiger partial charge on any atom is 0.319 e. The number of aromatic nitrogens is 4. The molecule has 3 N–H and O–H groups in total. The Hall–Kier alpha value is -2.97. The Balaban J connectivity index is 2.04. The first-order valence-electron chi connectivity index (χ1n) is 7.98. The number of amides is 2. The van der Waals surface area contributed by atoms with Gasteiger partial charge in [0.25, 0.3) is 0 Å². The fourth-order valence-corrected chi connectivity index (χ4v) is 2.31. The summed E-state index contributed by atoms with van der Waals surface area (Å²) in [4.78, 5) is 22.9. The highest BCUT2D eigenvalue weighted by Gasteiger charge is 2.21. The molecule has 1 aromatic carbocycles. The van der Waals surface area contributed by atoms with Crippen molar-refractivity contribution >= 4 is 17.7 Å². The molecule has 0 radical (unpaired) electrons. The monoisotopic (exact) mass is 346 g/mol. The number of aryl methyl sites for hydroxylation is 1. The minimum atomic E-state index is -0.892. The highest BCUT2D eigenvalue weighted by Crippen LogP contribution is 2.20. The number of carboxylic acids is 1. The normalized spacial score (nSPS) is 11.2. The number of hydrogen-bond donors (Lipinski definition) is 3. The second-order valence-electron chi connectivity index (χ2n) is 6.26. The molecule has 2 rings (SSSR count). The van der Waals surface area contributed by atoms with Gasteiger partial charge in [0, 0.05) is 29.8 Å². The van der Waals surface area contributed by atoms with E-state index in [0.717, 1.165) is 5.56 Å². The number of hydrogen-bond acceptors (Lipinski definition) is 5. The lowest BCUT2D eigenvalue weighted by Crippen LogP contribution is -2.45. The van der Waals surface area contributed by atoms with Crippen LogP contribution < -0.4 is 10.6 Å². The van der Waals surface area contributed by atoms with Crippen LogP contribution in [0, 0.1) is 0 Å². The van der Waals surface area contributed by atoms with Crippen LogP contribution in [0.25, 0.3) is 11.4 Å². The number of benzene rings is 1. The molecule has 9 heteroatoms. The third kappa shape index (κ3) is 5.27. The molecule has 1 aromatic heterocycles. The summed E-state index contributed by atoms with van der Waals surface area (Å²) < 4.78 is 1.66.